The Hall–Kier alpha value is -0.370. The van der Waals surface area contributed by atoms with Crippen LogP contribution in [0.5, 0.6) is 0 Å². The van der Waals surface area contributed by atoms with E-state index in [1.54, 1.807) is 0 Å². The maximum absolute atomic E-state index is 11.3. The summed E-state index contributed by atoms with van der Waals surface area (Å²) in [6.45, 7) is 1.89. The first kappa shape index (κ1) is 10.7. The Morgan fingerprint density at radius 2 is 2.00 bits per heavy atom. The average Bonchev–Trinajstić information content (AvgIpc) is 2.18. The number of hydrogen-bond donors (Lipinski definition) is 1. The molecule has 1 atom stereocenters. The van der Waals surface area contributed by atoms with Gasteiger partial charge in [0.05, 0.1) is 6.04 Å². The van der Waals surface area contributed by atoms with Crippen LogP contribution in [0.3, 0.4) is 0 Å². The summed E-state index contributed by atoms with van der Waals surface area (Å²) in [6.07, 6.45) is 8.11. The Balaban J connectivity index is 2.25. The maximum atomic E-state index is 11.3. The van der Waals surface area contributed by atoms with E-state index in [0.29, 0.717) is 6.42 Å². The van der Waals surface area contributed by atoms with E-state index in [-0.39, 0.29) is 11.8 Å². The molecular formula is C11H21NO. The second kappa shape index (κ2) is 5.38. The van der Waals surface area contributed by atoms with Gasteiger partial charge in [0.15, 0.2) is 0 Å². The van der Waals surface area contributed by atoms with E-state index in [1.807, 2.05) is 6.92 Å². The van der Waals surface area contributed by atoms with Crippen LogP contribution in [-0.2, 0) is 4.79 Å². The molecule has 0 aromatic rings. The van der Waals surface area contributed by atoms with Crippen LogP contribution >= 0.6 is 0 Å². The molecule has 0 bridgehead atoms. The van der Waals surface area contributed by atoms with Crippen molar-refractivity contribution < 1.29 is 4.79 Å². The lowest BCUT2D eigenvalue weighted by atomic mass is 9.84. The van der Waals surface area contributed by atoms with Crippen molar-refractivity contribution in [2.45, 2.75) is 57.9 Å². The molecule has 0 saturated heterocycles. The van der Waals surface area contributed by atoms with Gasteiger partial charge in [-0.15, -0.1) is 0 Å². The number of rotatable bonds is 4. The molecule has 1 fully saturated rings. The summed E-state index contributed by atoms with van der Waals surface area (Å²) in [6, 6.07) is -0.187. The zero-order chi connectivity index (χ0) is 9.68. The summed E-state index contributed by atoms with van der Waals surface area (Å²) in [5.74, 6) is 0.949. The molecule has 0 unspecified atom stereocenters. The van der Waals surface area contributed by atoms with Gasteiger partial charge in [-0.05, 0) is 12.3 Å². The van der Waals surface area contributed by atoms with Crippen molar-refractivity contribution in [1.82, 2.24) is 0 Å². The SMILES string of the molecule is CCC(=O)[C@@H](N)CC1CCCCC1. The van der Waals surface area contributed by atoms with Crippen molar-refractivity contribution in [1.29, 1.82) is 0 Å². The van der Waals surface area contributed by atoms with E-state index in [1.165, 1.54) is 32.1 Å². The maximum Gasteiger partial charge on any atom is 0.149 e. The molecule has 0 radical (unpaired) electrons. The third-order valence-electron chi connectivity index (χ3n) is 3.07. The van der Waals surface area contributed by atoms with E-state index in [2.05, 4.69) is 0 Å². The summed E-state index contributed by atoms with van der Waals surface area (Å²) >= 11 is 0. The number of ketones is 1. The molecule has 1 rings (SSSR count). The number of carbonyl (C=O) groups excluding carboxylic acids is 1. The van der Waals surface area contributed by atoms with E-state index >= 15 is 0 Å². The van der Waals surface area contributed by atoms with Crippen LogP contribution in [-0.4, -0.2) is 11.8 Å². The number of hydrogen-bond acceptors (Lipinski definition) is 2. The minimum absolute atomic E-state index is 0.187. The number of Topliss-reactive ketones (excluding diaryl/α,β-unsaturated/α-hetero) is 1. The van der Waals surface area contributed by atoms with E-state index in [0.717, 1.165) is 12.3 Å². The number of nitrogens with two attached hydrogens (primary N) is 1. The predicted molar refractivity (Wildman–Crippen MR) is 54.5 cm³/mol. The highest BCUT2D eigenvalue weighted by atomic mass is 16.1. The standard InChI is InChI=1S/C11H21NO/c1-2-11(13)10(12)8-9-6-4-3-5-7-9/h9-10H,2-8,12H2,1H3/t10-/m0/s1. The highest BCUT2D eigenvalue weighted by Crippen LogP contribution is 2.27. The molecule has 76 valence electrons. The first-order valence-electron chi connectivity index (χ1n) is 5.52. The van der Waals surface area contributed by atoms with Gasteiger partial charge in [0, 0.05) is 6.42 Å². The van der Waals surface area contributed by atoms with E-state index < -0.39 is 0 Å². The Morgan fingerprint density at radius 1 is 1.38 bits per heavy atom. The monoisotopic (exact) mass is 183 g/mol. The van der Waals surface area contributed by atoms with Crippen LogP contribution in [0.1, 0.15) is 51.9 Å². The van der Waals surface area contributed by atoms with E-state index in [9.17, 15) is 4.79 Å². The molecule has 2 nitrogen and oxygen atoms in total. The molecule has 0 aliphatic heterocycles. The number of carbonyl (C=O) groups is 1. The van der Waals surface area contributed by atoms with Gasteiger partial charge < -0.3 is 5.73 Å². The van der Waals surface area contributed by atoms with Crippen molar-refractivity contribution in [2.24, 2.45) is 11.7 Å². The minimum Gasteiger partial charge on any atom is -0.322 e. The molecular weight excluding hydrogens is 162 g/mol. The van der Waals surface area contributed by atoms with Gasteiger partial charge in [-0.1, -0.05) is 39.0 Å². The molecule has 0 amide bonds. The summed E-state index contributed by atoms with van der Waals surface area (Å²) in [7, 11) is 0. The smallest absolute Gasteiger partial charge is 0.149 e. The molecule has 0 aromatic heterocycles. The fraction of sp³-hybridized carbons (Fsp3) is 0.909. The second-order valence-electron chi connectivity index (χ2n) is 4.17. The third kappa shape index (κ3) is 3.47. The van der Waals surface area contributed by atoms with Crippen LogP contribution in [0.2, 0.25) is 0 Å². The van der Waals surface area contributed by atoms with Gasteiger partial charge in [0.2, 0.25) is 0 Å². The van der Waals surface area contributed by atoms with Gasteiger partial charge >= 0.3 is 0 Å². The lowest BCUT2D eigenvalue weighted by Gasteiger charge is -2.23. The molecule has 2 heteroatoms. The van der Waals surface area contributed by atoms with E-state index in [4.69, 9.17) is 5.73 Å². The molecule has 0 spiro atoms. The third-order valence-corrected chi connectivity index (χ3v) is 3.07. The summed E-state index contributed by atoms with van der Waals surface area (Å²) in [5, 5.41) is 0. The minimum atomic E-state index is -0.187. The molecule has 1 aliphatic rings. The van der Waals surface area contributed by atoms with Crippen LogP contribution in [0.25, 0.3) is 0 Å². The van der Waals surface area contributed by atoms with Crippen LogP contribution < -0.4 is 5.73 Å². The molecule has 2 N–H and O–H groups in total. The highest BCUT2D eigenvalue weighted by molar-refractivity contribution is 5.83. The summed E-state index contributed by atoms with van der Waals surface area (Å²) in [4.78, 5) is 11.3. The average molecular weight is 183 g/mol. The van der Waals surface area contributed by atoms with Crippen molar-refractivity contribution in [3.63, 3.8) is 0 Å². The van der Waals surface area contributed by atoms with Crippen molar-refractivity contribution in [3.05, 3.63) is 0 Å². The molecule has 0 heterocycles. The largest absolute Gasteiger partial charge is 0.322 e. The Kier molecular flexibility index (Phi) is 4.43. The van der Waals surface area contributed by atoms with Gasteiger partial charge in [-0.2, -0.15) is 0 Å². The predicted octanol–water partition coefficient (Wildman–Crippen LogP) is 2.26. The molecule has 13 heavy (non-hydrogen) atoms. The topological polar surface area (TPSA) is 43.1 Å². The Morgan fingerprint density at radius 3 is 2.54 bits per heavy atom. The van der Waals surface area contributed by atoms with Crippen LogP contribution in [0, 0.1) is 5.92 Å². The zero-order valence-electron chi connectivity index (χ0n) is 8.59. The van der Waals surface area contributed by atoms with Crippen LogP contribution in [0.4, 0.5) is 0 Å². The van der Waals surface area contributed by atoms with Crippen LogP contribution in [0.15, 0.2) is 0 Å². The first-order valence-corrected chi connectivity index (χ1v) is 5.52. The zero-order valence-corrected chi connectivity index (χ0v) is 8.59. The quantitative estimate of drug-likeness (QED) is 0.726. The Bertz CT molecular complexity index is 161. The summed E-state index contributed by atoms with van der Waals surface area (Å²) < 4.78 is 0. The van der Waals surface area contributed by atoms with Gasteiger partial charge in [0.25, 0.3) is 0 Å². The highest BCUT2D eigenvalue weighted by Gasteiger charge is 2.19. The Labute approximate surface area is 80.9 Å². The van der Waals surface area contributed by atoms with Gasteiger partial charge in [0.1, 0.15) is 5.78 Å². The fourth-order valence-electron chi connectivity index (χ4n) is 2.18. The lowest BCUT2D eigenvalue weighted by Crippen LogP contribution is -2.32. The first-order chi connectivity index (χ1) is 6.24. The molecule has 0 aromatic carbocycles. The normalized spacial score (nSPS) is 21.4. The van der Waals surface area contributed by atoms with Gasteiger partial charge in [-0.3, -0.25) is 4.79 Å². The molecule has 1 saturated carbocycles. The summed E-state index contributed by atoms with van der Waals surface area (Å²) in [5.41, 5.74) is 5.81. The van der Waals surface area contributed by atoms with Crippen molar-refractivity contribution in [2.75, 3.05) is 0 Å². The van der Waals surface area contributed by atoms with Gasteiger partial charge in [-0.25, -0.2) is 0 Å². The fourth-order valence-corrected chi connectivity index (χ4v) is 2.18. The van der Waals surface area contributed by atoms with Crippen molar-refractivity contribution >= 4 is 5.78 Å². The lowest BCUT2D eigenvalue weighted by molar-refractivity contribution is -0.120. The second-order valence-corrected chi connectivity index (χ2v) is 4.17. The molecule has 1 aliphatic carbocycles. The van der Waals surface area contributed by atoms with Crippen molar-refractivity contribution in [3.8, 4) is 0 Å².